The highest BCUT2D eigenvalue weighted by Gasteiger charge is 2.33. The van der Waals surface area contributed by atoms with Crippen LogP contribution in [0, 0.1) is 5.92 Å². The van der Waals surface area contributed by atoms with Crippen LogP contribution in [0.2, 0.25) is 0 Å². The van der Waals surface area contributed by atoms with Crippen LogP contribution in [0.25, 0.3) is 16.5 Å². The van der Waals surface area contributed by atoms with Gasteiger partial charge in [-0.2, -0.15) is 0 Å². The van der Waals surface area contributed by atoms with Crippen LogP contribution in [0.5, 0.6) is 0 Å². The third-order valence-corrected chi connectivity index (χ3v) is 5.22. The second kappa shape index (κ2) is 7.42. The molecule has 0 saturated carbocycles. The Morgan fingerprint density at radius 3 is 2.76 bits per heavy atom. The normalized spacial score (nSPS) is 21.4. The summed E-state index contributed by atoms with van der Waals surface area (Å²) >= 11 is 0. The molecule has 0 fully saturated rings. The summed E-state index contributed by atoms with van der Waals surface area (Å²) in [5.74, 6) is -0.0303. The number of aliphatic hydroxyl groups is 1. The molecule has 0 bridgehead atoms. The molecule has 0 spiro atoms. The number of nitrogens with one attached hydrogen (secondary N) is 1. The van der Waals surface area contributed by atoms with Crippen molar-refractivity contribution in [2.45, 2.75) is 19.9 Å². The Bertz CT molecular complexity index is 776. The van der Waals surface area contributed by atoms with Gasteiger partial charge in [0.1, 0.15) is 0 Å². The van der Waals surface area contributed by atoms with Crippen LogP contribution in [0.15, 0.2) is 36.5 Å². The summed E-state index contributed by atoms with van der Waals surface area (Å²) < 4.78 is 0. The van der Waals surface area contributed by atoms with Crippen molar-refractivity contribution < 1.29 is 9.90 Å². The van der Waals surface area contributed by atoms with Gasteiger partial charge < -0.3 is 15.0 Å². The Labute approximate surface area is 148 Å². The predicted octanol–water partition coefficient (Wildman–Crippen LogP) is 2.34. The Kier molecular flexibility index (Phi) is 5.25. The maximum Gasteiger partial charge on any atom is 0.230 e. The first-order chi connectivity index (χ1) is 12.1. The highest BCUT2D eigenvalue weighted by Crippen LogP contribution is 2.33. The number of rotatable bonds is 5. The number of carbonyl (C=O) groups excluding carboxylic acids is 1. The van der Waals surface area contributed by atoms with Crippen LogP contribution in [-0.2, 0) is 4.79 Å². The molecule has 2 aromatic rings. The summed E-state index contributed by atoms with van der Waals surface area (Å²) in [6.45, 7) is 6.11. The zero-order chi connectivity index (χ0) is 18.0. The van der Waals surface area contributed by atoms with E-state index in [1.807, 2.05) is 44.1 Å². The molecular formula is C20H27N3O2. The van der Waals surface area contributed by atoms with Gasteiger partial charge in [-0.3, -0.25) is 9.69 Å². The van der Waals surface area contributed by atoms with Crippen molar-refractivity contribution >= 4 is 22.4 Å². The van der Waals surface area contributed by atoms with Gasteiger partial charge in [0.2, 0.25) is 5.91 Å². The number of aromatic amines is 1. The quantitative estimate of drug-likeness (QED) is 0.878. The van der Waals surface area contributed by atoms with Crippen LogP contribution in [0.3, 0.4) is 0 Å². The van der Waals surface area contributed by atoms with Gasteiger partial charge in [0.15, 0.2) is 0 Å². The number of nitrogens with zero attached hydrogens (tertiary/aromatic N) is 2. The standard InChI is InChI=1S/C20H27N3O2/c1-4-23(5-2)20(25)15-11-17(18(13-24)22(3)12-15)16-8-6-7-14-9-10-21-19(14)16/h6-11,15,18,21,24H,4-5,12-13H2,1-3H3. The first kappa shape index (κ1) is 17.7. The summed E-state index contributed by atoms with van der Waals surface area (Å²) in [7, 11) is 1.98. The molecule has 1 aliphatic rings. The number of likely N-dealkylation sites (N-methyl/N-ethyl adjacent to an activating group) is 1. The monoisotopic (exact) mass is 341 g/mol. The maximum atomic E-state index is 12.9. The van der Waals surface area contributed by atoms with Gasteiger partial charge in [0.25, 0.3) is 0 Å². The summed E-state index contributed by atoms with van der Waals surface area (Å²) in [5.41, 5.74) is 3.14. The SMILES string of the molecule is CCN(CC)C(=O)C1C=C(c2cccc3cc[nH]c23)C(CO)N(C)C1. The highest BCUT2D eigenvalue weighted by molar-refractivity contribution is 5.94. The number of fused-ring (bicyclic) bond motifs is 1. The van der Waals surface area contributed by atoms with Crippen molar-refractivity contribution in [3.63, 3.8) is 0 Å². The second-order valence-corrected chi connectivity index (χ2v) is 6.62. The fraction of sp³-hybridized carbons (Fsp3) is 0.450. The van der Waals surface area contributed by atoms with E-state index in [1.165, 1.54) is 0 Å². The number of para-hydroxylation sites is 1. The smallest absolute Gasteiger partial charge is 0.230 e. The minimum absolute atomic E-state index is 0.0333. The minimum Gasteiger partial charge on any atom is -0.394 e. The lowest BCUT2D eigenvalue weighted by molar-refractivity contribution is -0.134. The molecule has 134 valence electrons. The fourth-order valence-corrected chi connectivity index (χ4v) is 3.81. The van der Waals surface area contributed by atoms with E-state index in [0.717, 1.165) is 22.0 Å². The molecule has 5 heteroatoms. The Morgan fingerprint density at radius 1 is 1.32 bits per heavy atom. The van der Waals surface area contributed by atoms with E-state index in [4.69, 9.17) is 0 Å². The van der Waals surface area contributed by atoms with Gasteiger partial charge in [-0.15, -0.1) is 0 Å². The molecule has 0 radical (unpaired) electrons. The lowest BCUT2D eigenvalue weighted by Crippen LogP contribution is -2.47. The van der Waals surface area contributed by atoms with E-state index < -0.39 is 0 Å². The van der Waals surface area contributed by atoms with E-state index >= 15 is 0 Å². The average molecular weight is 341 g/mol. The maximum absolute atomic E-state index is 12.9. The molecular weight excluding hydrogens is 314 g/mol. The first-order valence-electron chi connectivity index (χ1n) is 8.98. The van der Waals surface area contributed by atoms with E-state index in [0.29, 0.717) is 19.6 Å². The zero-order valence-electron chi connectivity index (χ0n) is 15.2. The number of amides is 1. The molecule has 0 saturated heterocycles. The van der Waals surface area contributed by atoms with E-state index in [9.17, 15) is 9.90 Å². The Morgan fingerprint density at radius 2 is 2.08 bits per heavy atom. The van der Waals surface area contributed by atoms with E-state index in [1.54, 1.807) is 0 Å². The molecule has 1 aliphatic heterocycles. The number of aliphatic hydroxyl groups excluding tert-OH is 1. The lowest BCUT2D eigenvalue weighted by Gasteiger charge is -2.37. The van der Waals surface area contributed by atoms with Gasteiger partial charge in [0, 0.05) is 31.4 Å². The zero-order valence-corrected chi connectivity index (χ0v) is 15.2. The first-order valence-corrected chi connectivity index (χ1v) is 8.98. The van der Waals surface area contributed by atoms with E-state index in [2.05, 4.69) is 28.1 Å². The molecule has 2 heterocycles. The largest absolute Gasteiger partial charge is 0.394 e. The number of hydrogen-bond acceptors (Lipinski definition) is 3. The average Bonchev–Trinajstić information content (AvgIpc) is 3.10. The van der Waals surface area contributed by atoms with E-state index in [-0.39, 0.29) is 24.5 Å². The summed E-state index contributed by atoms with van der Waals surface area (Å²) in [4.78, 5) is 20.1. The summed E-state index contributed by atoms with van der Waals surface area (Å²) in [5, 5.41) is 11.1. The molecule has 1 amide bonds. The third-order valence-electron chi connectivity index (χ3n) is 5.22. The van der Waals surface area contributed by atoms with Crippen LogP contribution in [0.4, 0.5) is 0 Å². The van der Waals surface area contributed by atoms with Crippen LogP contribution in [0.1, 0.15) is 19.4 Å². The number of benzene rings is 1. The topological polar surface area (TPSA) is 59.6 Å². The number of H-pyrrole nitrogens is 1. The fourth-order valence-electron chi connectivity index (χ4n) is 3.81. The summed E-state index contributed by atoms with van der Waals surface area (Å²) in [6, 6.07) is 8.09. The van der Waals surface area contributed by atoms with Crippen LogP contribution >= 0.6 is 0 Å². The van der Waals surface area contributed by atoms with Gasteiger partial charge in [-0.05, 0) is 37.9 Å². The van der Waals surface area contributed by atoms with Crippen molar-refractivity contribution in [3.8, 4) is 0 Å². The minimum atomic E-state index is -0.187. The third kappa shape index (κ3) is 3.22. The van der Waals surface area contributed by atoms with Gasteiger partial charge >= 0.3 is 0 Å². The lowest BCUT2D eigenvalue weighted by atomic mass is 9.87. The molecule has 0 aliphatic carbocycles. The van der Waals surface area contributed by atoms with Crippen molar-refractivity contribution in [1.29, 1.82) is 0 Å². The van der Waals surface area contributed by atoms with Crippen molar-refractivity contribution in [2.75, 3.05) is 33.3 Å². The van der Waals surface area contributed by atoms with Crippen molar-refractivity contribution in [3.05, 3.63) is 42.1 Å². The molecule has 2 atom stereocenters. The van der Waals surface area contributed by atoms with Gasteiger partial charge in [0.05, 0.1) is 24.1 Å². The second-order valence-electron chi connectivity index (χ2n) is 6.62. The van der Waals surface area contributed by atoms with Crippen LogP contribution in [-0.4, -0.2) is 65.1 Å². The summed E-state index contributed by atoms with van der Waals surface area (Å²) in [6.07, 6.45) is 3.99. The van der Waals surface area contributed by atoms with Gasteiger partial charge in [-0.25, -0.2) is 0 Å². The molecule has 2 unspecified atom stereocenters. The molecule has 25 heavy (non-hydrogen) atoms. The molecule has 1 aromatic carbocycles. The number of hydrogen-bond donors (Lipinski definition) is 2. The molecule has 5 nitrogen and oxygen atoms in total. The number of carbonyl (C=O) groups is 1. The van der Waals surface area contributed by atoms with Crippen molar-refractivity contribution in [2.24, 2.45) is 5.92 Å². The van der Waals surface area contributed by atoms with Crippen molar-refractivity contribution in [1.82, 2.24) is 14.8 Å². The van der Waals surface area contributed by atoms with Gasteiger partial charge in [-0.1, -0.05) is 24.3 Å². The Balaban J connectivity index is 2.06. The molecule has 3 rings (SSSR count). The molecule has 2 N–H and O–H groups in total. The predicted molar refractivity (Wildman–Crippen MR) is 101 cm³/mol. The Hall–Kier alpha value is -2.11. The number of aromatic nitrogens is 1. The molecule has 1 aromatic heterocycles. The van der Waals surface area contributed by atoms with Crippen LogP contribution < -0.4 is 0 Å². The highest BCUT2D eigenvalue weighted by atomic mass is 16.3.